The van der Waals surface area contributed by atoms with E-state index >= 15 is 0 Å². The van der Waals surface area contributed by atoms with Crippen molar-refractivity contribution in [1.29, 1.82) is 5.26 Å². The Kier molecular flexibility index (Phi) is 26.6. The van der Waals surface area contributed by atoms with Gasteiger partial charge in [0.2, 0.25) is 5.95 Å². The predicted octanol–water partition coefficient (Wildman–Crippen LogP) is 1.32. The van der Waals surface area contributed by atoms with Crippen LogP contribution in [0.2, 0.25) is 0 Å². The van der Waals surface area contributed by atoms with Crippen molar-refractivity contribution in [2.24, 2.45) is 0 Å². The van der Waals surface area contributed by atoms with Crippen LogP contribution < -0.4 is 22.2 Å². The van der Waals surface area contributed by atoms with Crippen molar-refractivity contribution >= 4 is 29.5 Å². The first-order chi connectivity index (χ1) is 14.8. The van der Waals surface area contributed by atoms with Crippen LogP contribution in [0, 0.1) is 40.2 Å². The Hall–Kier alpha value is -2.33. The van der Waals surface area contributed by atoms with Crippen molar-refractivity contribution in [2.45, 2.75) is 40.5 Å². The van der Waals surface area contributed by atoms with Crippen molar-refractivity contribution in [3.05, 3.63) is 63.8 Å². The predicted molar refractivity (Wildman–Crippen MR) is 126 cm³/mol. The number of nitrogens with one attached hydrogen (secondary N) is 4. The number of anilines is 2. The molecule has 36 heavy (non-hydrogen) atoms. The first kappa shape index (κ1) is 43.7. The van der Waals surface area contributed by atoms with Crippen molar-refractivity contribution < 1.29 is 84.9 Å². The van der Waals surface area contributed by atoms with E-state index in [1.165, 1.54) is 13.8 Å². The smallest absolute Gasteiger partial charge is 0.283 e. The number of aliphatic hydroxyl groups is 1. The number of aliphatic hydroxyl groups excluding tert-OH is 1. The molecule has 0 spiro atoms. The fourth-order valence-corrected chi connectivity index (χ4v) is 2.32. The number of nitrogens with zero attached hydrogens (tertiary/aromatic N) is 3. The molecule has 0 aliphatic carbocycles. The molecule has 2 heterocycles. The van der Waals surface area contributed by atoms with Gasteiger partial charge < -0.3 is 41.7 Å². The molecule has 2 aromatic heterocycles. The van der Waals surface area contributed by atoms with Crippen molar-refractivity contribution in [1.82, 2.24) is 19.9 Å². The Balaban J connectivity index is -0.000000147. The van der Waals surface area contributed by atoms with E-state index in [-0.39, 0.29) is 128 Å². The number of carbonyl (C=O) groups is 3. The van der Waals surface area contributed by atoms with Gasteiger partial charge in [-0.25, -0.2) is 9.97 Å². The van der Waals surface area contributed by atoms with Crippen LogP contribution in [0.4, 0.5) is 16.7 Å². The number of Topliss-reactive ketones (excluding diaryl/α,β-unsaturated/α-hetero) is 2. The summed E-state index contributed by atoms with van der Waals surface area (Å²) in [4.78, 5) is 67.3. The van der Waals surface area contributed by atoms with Crippen LogP contribution in [0.1, 0.15) is 36.4 Å². The maximum Gasteiger partial charge on any atom is 0.283 e. The average molecular weight is 655 g/mol. The topological polar surface area (TPSA) is 249 Å². The van der Waals surface area contributed by atoms with Crippen LogP contribution in [-0.4, -0.2) is 42.6 Å². The van der Waals surface area contributed by atoms with E-state index in [0.29, 0.717) is 17.0 Å². The third kappa shape index (κ3) is 17.2. The quantitative estimate of drug-likeness (QED) is 0.228. The molecule has 0 saturated carbocycles. The first-order valence-electron chi connectivity index (χ1n) is 8.82. The summed E-state index contributed by atoms with van der Waals surface area (Å²) < 4.78 is 0. The number of hydrogen-bond acceptors (Lipinski definition) is 10. The van der Waals surface area contributed by atoms with Gasteiger partial charge in [-0.3, -0.25) is 29.0 Å². The van der Waals surface area contributed by atoms with Crippen LogP contribution in [0.15, 0.2) is 9.59 Å². The number of carbonyl (C=O) groups excluding carboxylic acids is 3. The molecule has 0 saturated heterocycles. The molecular formula is C20H29N8O6Y2-3. The minimum atomic E-state index is -1.07. The van der Waals surface area contributed by atoms with Gasteiger partial charge in [-0.1, -0.05) is 0 Å². The summed E-state index contributed by atoms with van der Waals surface area (Å²) in [7, 11) is 0. The second kappa shape index (κ2) is 21.9. The van der Waals surface area contributed by atoms with Gasteiger partial charge in [-0.2, -0.15) is 5.26 Å². The molecular weight excluding hydrogens is 626 g/mol. The number of amides is 2. The van der Waals surface area contributed by atoms with E-state index in [0.717, 1.165) is 6.26 Å². The number of nitrogen functional groups attached to an aromatic ring is 1. The fourth-order valence-electron chi connectivity index (χ4n) is 2.32. The van der Waals surface area contributed by atoms with E-state index in [4.69, 9.17) is 21.8 Å². The number of nitrogens with two attached hydrogens (primary N) is 1. The second-order valence-corrected chi connectivity index (χ2v) is 6.31. The molecule has 0 aliphatic heterocycles. The molecule has 16 heteroatoms. The summed E-state index contributed by atoms with van der Waals surface area (Å²) in [6.45, 7) is 6.02. The third-order valence-corrected chi connectivity index (χ3v) is 3.55. The SMILES string of the molecule is CC(=O)Cc1c(C)nc(N)[nH]c1=O.CC(=O)Cc1c(C)nc(NC([NH-])=O)[nH]c1=O.N#CO.[CH3-].[CH3-].[Y].[Y]. The van der Waals surface area contributed by atoms with E-state index in [2.05, 4.69) is 19.9 Å². The molecule has 0 unspecified atom stereocenters. The first-order valence-corrected chi connectivity index (χ1v) is 8.82. The Morgan fingerprint density at radius 1 is 0.972 bits per heavy atom. The molecule has 0 bridgehead atoms. The maximum atomic E-state index is 11.5. The standard InChI is InChI=1S/C9H12N4O3.C8H11N3O2.CHNO.2CH3.2Y/c1-4(14)3-6-5(2)11-9(12-7(6)15)13-8(10)16;1-4(12)3-6-5(2)10-8(9)11-7(6)13;2-1-3;;;;/h3H2,1-2H3,(H4,10,11,12,13,15,16);3H2,1-2H3,(H3,9,10,11,13);3H;2*1H3;;/q;;;2*-1;;/p-1. The summed E-state index contributed by atoms with van der Waals surface area (Å²) in [6, 6.07) is -1.07. The zero-order valence-electron chi connectivity index (χ0n) is 21.0. The van der Waals surface area contributed by atoms with E-state index in [1.807, 2.05) is 5.32 Å². The number of aromatic nitrogens is 4. The van der Waals surface area contributed by atoms with Crippen LogP contribution in [0.5, 0.6) is 0 Å². The van der Waals surface area contributed by atoms with Crippen molar-refractivity contribution in [2.75, 3.05) is 11.1 Å². The van der Waals surface area contributed by atoms with Gasteiger partial charge in [-0.15, -0.1) is 0 Å². The maximum absolute atomic E-state index is 11.5. The number of H-pyrrole nitrogens is 2. The molecule has 7 N–H and O–H groups in total. The van der Waals surface area contributed by atoms with Crippen LogP contribution in [0.25, 0.3) is 5.73 Å². The molecule has 194 valence electrons. The summed E-state index contributed by atoms with van der Waals surface area (Å²) >= 11 is 0. The Labute approximate surface area is 259 Å². The van der Waals surface area contributed by atoms with Gasteiger partial charge in [0.1, 0.15) is 17.5 Å². The molecule has 0 aromatic carbocycles. The van der Waals surface area contributed by atoms with Gasteiger partial charge in [0.15, 0.2) is 6.03 Å². The number of nitriles is 1. The van der Waals surface area contributed by atoms with Gasteiger partial charge in [0.25, 0.3) is 17.4 Å². The Bertz CT molecular complexity index is 1160. The van der Waals surface area contributed by atoms with Gasteiger partial charge >= 0.3 is 0 Å². The van der Waals surface area contributed by atoms with Crippen LogP contribution in [0.3, 0.4) is 0 Å². The molecule has 2 radical (unpaired) electrons. The third-order valence-electron chi connectivity index (χ3n) is 3.55. The number of rotatable bonds is 5. The zero-order valence-corrected chi connectivity index (χ0v) is 26.7. The minimum Gasteiger partial charge on any atom is -0.447 e. The van der Waals surface area contributed by atoms with Crippen LogP contribution in [-0.2, 0) is 87.8 Å². The fraction of sp³-hybridized carbons (Fsp3) is 0.300. The molecule has 0 fully saturated rings. The normalized spacial score (nSPS) is 8.19. The van der Waals surface area contributed by atoms with E-state index < -0.39 is 11.6 Å². The molecule has 2 aromatic rings. The van der Waals surface area contributed by atoms with E-state index in [1.54, 1.807) is 13.8 Å². The minimum absolute atomic E-state index is 0. The molecule has 2 rings (SSSR count). The van der Waals surface area contributed by atoms with Crippen molar-refractivity contribution in [3.63, 3.8) is 0 Å². The summed E-state index contributed by atoms with van der Waals surface area (Å²) in [5.41, 5.74) is 12.7. The second-order valence-electron chi connectivity index (χ2n) is 6.31. The summed E-state index contributed by atoms with van der Waals surface area (Å²) in [6.07, 6.45) is 0.859. The van der Waals surface area contributed by atoms with Gasteiger partial charge in [-0.05, 0) is 27.7 Å². The molecule has 0 atom stereocenters. The summed E-state index contributed by atoms with van der Waals surface area (Å²) in [5, 5.41) is 15.8. The largest absolute Gasteiger partial charge is 0.447 e. The number of urea groups is 1. The number of aryl methyl sites for hydroxylation is 2. The molecule has 0 aliphatic rings. The van der Waals surface area contributed by atoms with E-state index in [9.17, 15) is 24.0 Å². The monoisotopic (exact) mass is 655 g/mol. The van der Waals surface area contributed by atoms with Gasteiger partial charge in [0.05, 0.1) is 5.69 Å². The van der Waals surface area contributed by atoms with Crippen LogP contribution >= 0.6 is 0 Å². The van der Waals surface area contributed by atoms with Gasteiger partial charge in [0, 0.05) is 95.1 Å². The Morgan fingerprint density at radius 2 is 1.33 bits per heavy atom. The molecule has 14 nitrogen and oxygen atoms in total. The number of aromatic amines is 2. The number of ketones is 2. The zero-order chi connectivity index (χ0) is 25.0. The summed E-state index contributed by atoms with van der Waals surface area (Å²) in [5.74, 6) is -0.225. The average Bonchev–Trinajstić information content (AvgIpc) is 2.61. The molecule has 2 amide bonds. The van der Waals surface area contributed by atoms with Crippen molar-refractivity contribution in [3.8, 4) is 6.26 Å². The Morgan fingerprint density at radius 3 is 1.64 bits per heavy atom. The number of hydrogen-bond donors (Lipinski definition) is 5.